The Bertz CT molecular complexity index is 1650. The van der Waals surface area contributed by atoms with Crippen LogP contribution in [-0.2, 0) is 23.2 Å². The minimum absolute atomic E-state index is 0.355. The molecule has 6 heteroatoms. The van der Waals surface area contributed by atoms with E-state index in [1.807, 2.05) is 111 Å². The number of nitrogens with zero attached hydrogens (tertiary/aromatic N) is 3. The zero-order valence-corrected chi connectivity index (χ0v) is 21.5. The summed E-state index contributed by atoms with van der Waals surface area (Å²) in [5.41, 5.74) is 5.60. The van der Waals surface area contributed by atoms with Crippen molar-refractivity contribution in [3.8, 4) is 0 Å². The summed E-state index contributed by atoms with van der Waals surface area (Å²) in [6, 6.07) is 26.1. The highest BCUT2D eigenvalue weighted by Gasteiger charge is 2.35. The molecule has 6 rings (SSSR count). The number of imide groups is 1. The van der Waals surface area contributed by atoms with Gasteiger partial charge in [0.1, 0.15) is 0 Å². The Morgan fingerprint density at radius 2 is 1.16 bits per heavy atom. The summed E-state index contributed by atoms with van der Waals surface area (Å²) in [5.74, 6) is -0.711. The monoisotopic (exact) mass is 490 g/mol. The van der Waals surface area contributed by atoms with Crippen molar-refractivity contribution in [1.82, 2.24) is 19.4 Å². The summed E-state index contributed by atoms with van der Waals surface area (Å²) in [6.07, 6.45) is 3.93. The number of carbonyl (C=O) groups excluding carboxylic acids is 2. The molecule has 1 aliphatic rings. The number of para-hydroxylation sites is 2. The third-order valence-corrected chi connectivity index (χ3v) is 6.35. The van der Waals surface area contributed by atoms with Crippen LogP contribution in [0.1, 0.15) is 16.7 Å². The third kappa shape index (κ3) is 4.59. The Balaban J connectivity index is 0.000000655. The van der Waals surface area contributed by atoms with E-state index >= 15 is 0 Å². The van der Waals surface area contributed by atoms with E-state index in [1.165, 1.54) is 5.56 Å². The fourth-order valence-corrected chi connectivity index (χ4v) is 4.87. The van der Waals surface area contributed by atoms with Gasteiger partial charge in [-0.25, -0.2) is 0 Å². The summed E-state index contributed by atoms with van der Waals surface area (Å²) in [4.78, 5) is 28.2. The summed E-state index contributed by atoms with van der Waals surface area (Å²) in [7, 11) is 7.95. The van der Waals surface area contributed by atoms with Crippen molar-refractivity contribution >= 4 is 44.8 Å². The molecule has 2 amide bonds. The number of amides is 2. The van der Waals surface area contributed by atoms with Crippen molar-refractivity contribution < 1.29 is 9.59 Å². The summed E-state index contributed by atoms with van der Waals surface area (Å²) in [5, 5.41) is 4.44. The Morgan fingerprint density at radius 1 is 0.676 bits per heavy atom. The van der Waals surface area contributed by atoms with Gasteiger partial charge in [0, 0.05) is 58.9 Å². The van der Waals surface area contributed by atoms with Gasteiger partial charge in [0.15, 0.2) is 0 Å². The molecular weight excluding hydrogens is 460 g/mol. The fourth-order valence-electron chi connectivity index (χ4n) is 4.87. The van der Waals surface area contributed by atoms with Crippen LogP contribution in [0.25, 0.3) is 33.0 Å². The number of nitrogens with one attached hydrogen (secondary N) is 1. The lowest BCUT2D eigenvalue weighted by atomic mass is 9.95. The molecule has 0 unspecified atom stereocenters. The standard InChI is InChI=1S/C28H21N3O2.C3H9N/c1-30-16-21(19-11-5-7-13-23(19)30)25-26(28(33)29-27(25)32)22-17-31(15-18-9-3-2-4-10-18)24-14-8-6-12-20(22)24;1-4(2)3/h2-14,16-17H,15H2,1H3,(H,29,32,33);1-3H3. The first-order valence-electron chi connectivity index (χ1n) is 12.2. The summed E-state index contributed by atoms with van der Waals surface area (Å²) >= 11 is 0. The number of hydrogen-bond donors (Lipinski definition) is 1. The first-order valence-corrected chi connectivity index (χ1v) is 12.2. The average molecular weight is 491 g/mol. The predicted octanol–water partition coefficient (Wildman–Crippen LogP) is 4.93. The predicted molar refractivity (Wildman–Crippen MR) is 150 cm³/mol. The molecule has 0 bridgehead atoms. The molecule has 0 aliphatic carbocycles. The molecule has 0 saturated heterocycles. The first-order chi connectivity index (χ1) is 17.8. The lowest BCUT2D eigenvalue weighted by molar-refractivity contribution is -0.122. The highest BCUT2D eigenvalue weighted by atomic mass is 16.2. The minimum Gasteiger partial charge on any atom is -0.350 e. The Kier molecular flexibility index (Phi) is 6.51. The van der Waals surface area contributed by atoms with Gasteiger partial charge in [0.05, 0.1) is 11.1 Å². The molecule has 0 spiro atoms. The molecule has 0 radical (unpaired) electrons. The zero-order chi connectivity index (χ0) is 26.1. The molecular formula is C31H30N4O2. The number of fused-ring (bicyclic) bond motifs is 2. The number of carbonyl (C=O) groups is 2. The van der Waals surface area contributed by atoms with Crippen LogP contribution in [0.3, 0.4) is 0 Å². The van der Waals surface area contributed by atoms with Gasteiger partial charge in [-0.05, 0) is 38.8 Å². The van der Waals surface area contributed by atoms with Crippen LogP contribution in [-0.4, -0.2) is 47.0 Å². The number of aromatic nitrogens is 2. The molecule has 0 saturated carbocycles. The second-order valence-corrected chi connectivity index (χ2v) is 9.72. The SMILES string of the molecule is CN(C)C.Cn1cc(C2=C(c3cn(Cc4ccccc4)c4ccccc34)C(=O)NC2=O)c2ccccc21. The van der Waals surface area contributed by atoms with Crippen molar-refractivity contribution in [3.63, 3.8) is 0 Å². The fraction of sp³-hybridized carbons (Fsp3) is 0.161. The van der Waals surface area contributed by atoms with Gasteiger partial charge in [-0.1, -0.05) is 66.7 Å². The van der Waals surface area contributed by atoms with Crippen molar-refractivity contribution in [1.29, 1.82) is 0 Å². The van der Waals surface area contributed by atoms with E-state index < -0.39 is 0 Å². The molecule has 3 aromatic carbocycles. The third-order valence-electron chi connectivity index (χ3n) is 6.35. The van der Waals surface area contributed by atoms with Crippen LogP contribution in [0, 0.1) is 0 Å². The number of benzene rings is 3. The van der Waals surface area contributed by atoms with Crippen molar-refractivity contribution in [3.05, 3.63) is 108 Å². The summed E-state index contributed by atoms with van der Waals surface area (Å²) < 4.78 is 4.13. The second-order valence-electron chi connectivity index (χ2n) is 9.72. The van der Waals surface area contributed by atoms with E-state index in [2.05, 4.69) is 28.1 Å². The lowest BCUT2D eigenvalue weighted by Crippen LogP contribution is -2.22. The molecule has 1 aliphatic heterocycles. The normalized spacial score (nSPS) is 13.4. The highest BCUT2D eigenvalue weighted by molar-refractivity contribution is 6.50. The van der Waals surface area contributed by atoms with E-state index in [-0.39, 0.29) is 11.8 Å². The largest absolute Gasteiger partial charge is 0.350 e. The van der Waals surface area contributed by atoms with Crippen molar-refractivity contribution in [2.24, 2.45) is 7.05 Å². The van der Waals surface area contributed by atoms with Crippen molar-refractivity contribution in [2.45, 2.75) is 6.54 Å². The molecule has 1 N–H and O–H groups in total. The number of rotatable bonds is 4. The lowest BCUT2D eigenvalue weighted by Gasteiger charge is -2.05. The first kappa shape index (κ1) is 24.3. The molecule has 2 aromatic heterocycles. The molecule has 0 fully saturated rings. The zero-order valence-electron chi connectivity index (χ0n) is 21.5. The maximum absolute atomic E-state index is 13.1. The van der Waals surface area contributed by atoms with E-state index in [0.717, 1.165) is 32.9 Å². The minimum atomic E-state index is -0.356. The van der Waals surface area contributed by atoms with Gasteiger partial charge in [-0.15, -0.1) is 0 Å². The average Bonchev–Trinajstić information content (AvgIpc) is 3.50. The van der Waals surface area contributed by atoms with Crippen LogP contribution in [0.5, 0.6) is 0 Å². The smallest absolute Gasteiger partial charge is 0.259 e. The maximum atomic E-state index is 13.1. The van der Waals surface area contributed by atoms with Gasteiger partial charge >= 0.3 is 0 Å². The van der Waals surface area contributed by atoms with Gasteiger partial charge in [0.25, 0.3) is 11.8 Å². The van der Waals surface area contributed by atoms with Crippen LogP contribution < -0.4 is 5.32 Å². The Morgan fingerprint density at radius 3 is 1.78 bits per heavy atom. The van der Waals surface area contributed by atoms with Gasteiger partial charge < -0.3 is 14.0 Å². The van der Waals surface area contributed by atoms with Crippen molar-refractivity contribution in [2.75, 3.05) is 21.1 Å². The van der Waals surface area contributed by atoms with E-state index in [0.29, 0.717) is 17.7 Å². The van der Waals surface area contributed by atoms with Gasteiger partial charge in [-0.2, -0.15) is 0 Å². The van der Waals surface area contributed by atoms with Crippen LogP contribution in [0.2, 0.25) is 0 Å². The van der Waals surface area contributed by atoms with E-state index in [1.54, 1.807) is 0 Å². The summed E-state index contributed by atoms with van der Waals surface area (Å²) in [6.45, 7) is 0.674. The molecule has 37 heavy (non-hydrogen) atoms. The van der Waals surface area contributed by atoms with Gasteiger partial charge in [-0.3, -0.25) is 14.9 Å². The molecule has 6 nitrogen and oxygen atoms in total. The molecule has 5 aromatic rings. The molecule has 0 atom stereocenters. The highest BCUT2D eigenvalue weighted by Crippen LogP contribution is 2.38. The van der Waals surface area contributed by atoms with Crippen LogP contribution >= 0.6 is 0 Å². The molecule has 3 heterocycles. The van der Waals surface area contributed by atoms with Crippen LogP contribution in [0.15, 0.2) is 91.3 Å². The number of hydrogen-bond acceptors (Lipinski definition) is 3. The topological polar surface area (TPSA) is 59.3 Å². The molecule has 186 valence electrons. The van der Waals surface area contributed by atoms with Gasteiger partial charge in [0.2, 0.25) is 0 Å². The van der Waals surface area contributed by atoms with E-state index in [9.17, 15) is 9.59 Å². The second kappa shape index (κ2) is 9.91. The number of aryl methyl sites for hydroxylation is 1. The van der Waals surface area contributed by atoms with Crippen LogP contribution in [0.4, 0.5) is 0 Å². The Labute approximate surface area is 216 Å². The maximum Gasteiger partial charge on any atom is 0.259 e. The quantitative estimate of drug-likeness (QED) is 0.364. The Hall–Kier alpha value is -4.42. The van der Waals surface area contributed by atoms with E-state index in [4.69, 9.17) is 0 Å².